The largest absolute Gasteiger partial charge is 0.339 e. The van der Waals surface area contributed by atoms with Crippen molar-refractivity contribution in [3.63, 3.8) is 0 Å². The van der Waals surface area contributed by atoms with Gasteiger partial charge < -0.3 is 10.6 Å². The number of nitrogens with one attached hydrogen (secondary N) is 2. The monoisotopic (exact) mass is 409 g/mol. The number of nitrogens with zero attached hydrogens (tertiary/aromatic N) is 5. The van der Waals surface area contributed by atoms with Crippen molar-refractivity contribution in [2.24, 2.45) is 5.18 Å². The summed E-state index contributed by atoms with van der Waals surface area (Å²) < 4.78 is 0. The van der Waals surface area contributed by atoms with Gasteiger partial charge in [0, 0.05) is 29.2 Å². The molecule has 0 saturated carbocycles. The van der Waals surface area contributed by atoms with Gasteiger partial charge in [0.2, 0.25) is 5.95 Å². The molecule has 0 aliphatic rings. The Balaban J connectivity index is 1.93. The highest BCUT2D eigenvalue weighted by atomic mass is 16.3. The lowest BCUT2D eigenvalue weighted by atomic mass is 10.0. The number of rotatable bonds is 7. The Hall–Kier alpha value is -4.56. The molecule has 2 aromatic carbocycles. The SMILES string of the molecule is Cc1cc(C=CC#N)cc(C)c1Nc1nc(Nc2ccc(C#N)cc2)ncc1CN=O. The molecule has 8 heteroatoms. The first kappa shape index (κ1) is 21.2. The van der Waals surface area contributed by atoms with Crippen molar-refractivity contribution in [2.45, 2.75) is 20.4 Å². The molecule has 2 N–H and O–H groups in total. The van der Waals surface area contributed by atoms with Crippen molar-refractivity contribution in [1.29, 1.82) is 10.5 Å². The van der Waals surface area contributed by atoms with Crippen LogP contribution in [0.3, 0.4) is 0 Å². The molecule has 0 bridgehead atoms. The van der Waals surface area contributed by atoms with Crippen molar-refractivity contribution in [3.8, 4) is 12.1 Å². The van der Waals surface area contributed by atoms with E-state index in [-0.39, 0.29) is 6.54 Å². The Labute approximate surface area is 179 Å². The predicted octanol–water partition coefficient (Wildman–Crippen LogP) is 5.26. The maximum atomic E-state index is 10.9. The smallest absolute Gasteiger partial charge is 0.229 e. The molecule has 0 radical (unpaired) electrons. The van der Waals surface area contributed by atoms with Gasteiger partial charge >= 0.3 is 0 Å². The van der Waals surface area contributed by atoms with Crippen molar-refractivity contribution in [3.05, 3.63) is 81.4 Å². The number of anilines is 4. The zero-order valence-corrected chi connectivity index (χ0v) is 17.0. The van der Waals surface area contributed by atoms with Crippen LogP contribution in [-0.4, -0.2) is 9.97 Å². The average molecular weight is 409 g/mol. The predicted molar refractivity (Wildman–Crippen MR) is 120 cm³/mol. The van der Waals surface area contributed by atoms with E-state index < -0.39 is 0 Å². The van der Waals surface area contributed by atoms with E-state index in [0.717, 1.165) is 28.1 Å². The highest BCUT2D eigenvalue weighted by Crippen LogP contribution is 2.28. The second kappa shape index (κ2) is 9.77. The third-order valence-electron chi connectivity index (χ3n) is 4.52. The molecule has 1 heterocycles. The second-order valence-electron chi connectivity index (χ2n) is 6.79. The quantitative estimate of drug-likeness (QED) is 0.403. The second-order valence-corrected chi connectivity index (χ2v) is 6.79. The summed E-state index contributed by atoms with van der Waals surface area (Å²) in [6.07, 6.45) is 4.73. The van der Waals surface area contributed by atoms with E-state index in [9.17, 15) is 4.91 Å². The van der Waals surface area contributed by atoms with E-state index in [1.165, 1.54) is 6.08 Å². The van der Waals surface area contributed by atoms with Crippen LogP contribution in [0.25, 0.3) is 6.08 Å². The molecule has 1 aromatic heterocycles. The third-order valence-corrected chi connectivity index (χ3v) is 4.52. The maximum absolute atomic E-state index is 10.9. The van der Waals surface area contributed by atoms with Crippen LogP contribution in [0, 0.1) is 41.4 Å². The highest BCUT2D eigenvalue weighted by Gasteiger charge is 2.12. The number of aromatic nitrogens is 2. The van der Waals surface area contributed by atoms with Crippen molar-refractivity contribution < 1.29 is 0 Å². The summed E-state index contributed by atoms with van der Waals surface area (Å²) in [6.45, 7) is 3.84. The number of nitriles is 2. The zero-order valence-electron chi connectivity index (χ0n) is 17.0. The number of allylic oxidation sites excluding steroid dienone is 1. The fourth-order valence-electron chi connectivity index (χ4n) is 3.06. The summed E-state index contributed by atoms with van der Waals surface area (Å²) in [5.74, 6) is 0.808. The molecule has 31 heavy (non-hydrogen) atoms. The number of hydrogen-bond acceptors (Lipinski definition) is 8. The minimum atomic E-state index is -0.0689. The summed E-state index contributed by atoms with van der Waals surface area (Å²) in [5, 5.41) is 27.0. The molecule has 8 nitrogen and oxygen atoms in total. The molecule has 0 unspecified atom stereocenters. The van der Waals surface area contributed by atoms with Crippen LogP contribution in [-0.2, 0) is 6.54 Å². The van der Waals surface area contributed by atoms with Gasteiger partial charge in [0.25, 0.3) is 0 Å². The normalized spacial score (nSPS) is 10.3. The van der Waals surface area contributed by atoms with E-state index in [1.54, 1.807) is 36.5 Å². The lowest BCUT2D eigenvalue weighted by Gasteiger charge is -2.16. The first-order valence-electron chi connectivity index (χ1n) is 9.40. The van der Waals surface area contributed by atoms with Crippen LogP contribution in [0.4, 0.5) is 23.1 Å². The number of benzene rings is 2. The fraction of sp³-hybridized carbons (Fsp3) is 0.130. The number of nitroso groups, excluding NO2 is 1. The Bertz CT molecular complexity index is 1200. The first-order chi connectivity index (χ1) is 15.0. The summed E-state index contributed by atoms with van der Waals surface area (Å²) in [6, 6.07) is 14.9. The molecule has 0 spiro atoms. The molecule has 152 valence electrons. The van der Waals surface area contributed by atoms with Gasteiger partial charge in [-0.25, -0.2) is 4.98 Å². The Morgan fingerprint density at radius 3 is 2.42 bits per heavy atom. The fourth-order valence-corrected chi connectivity index (χ4v) is 3.06. The van der Waals surface area contributed by atoms with E-state index in [2.05, 4.69) is 31.8 Å². The Kier molecular flexibility index (Phi) is 6.67. The summed E-state index contributed by atoms with van der Waals surface area (Å²) in [4.78, 5) is 19.7. The van der Waals surface area contributed by atoms with Crippen LogP contribution in [0.1, 0.15) is 27.8 Å². The third kappa shape index (κ3) is 5.28. The Morgan fingerprint density at radius 2 is 1.81 bits per heavy atom. The summed E-state index contributed by atoms with van der Waals surface area (Å²) >= 11 is 0. The van der Waals surface area contributed by atoms with Gasteiger partial charge in [0.05, 0.1) is 17.7 Å². The molecular formula is C23H19N7O. The summed E-state index contributed by atoms with van der Waals surface area (Å²) in [7, 11) is 0. The average Bonchev–Trinajstić information content (AvgIpc) is 2.77. The highest BCUT2D eigenvalue weighted by molar-refractivity contribution is 5.70. The van der Waals surface area contributed by atoms with Crippen molar-refractivity contribution in [1.82, 2.24) is 9.97 Å². The van der Waals surface area contributed by atoms with Gasteiger partial charge in [0.1, 0.15) is 12.4 Å². The standard InChI is InChI=1S/C23H19N7O/c1-15-10-18(4-3-9-24)11-16(2)21(15)29-22-19(14-27-31)13-26-23(30-22)28-20-7-5-17(12-25)6-8-20/h3-8,10-11,13H,14H2,1-2H3,(H2,26,28,29,30). The first-order valence-corrected chi connectivity index (χ1v) is 9.40. The van der Waals surface area contributed by atoms with Gasteiger partial charge in [-0.2, -0.15) is 20.4 Å². The van der Waals surface area contributed by atoms with Gasteiger partial charge in [-0.3, -0.25) is 0 Å². The van der Waals surface area contributed by atoms with E-state index >= 15 is 0 Å². The van der Waals surface area contributed by atoms with E-state index in [4.69, 9.17) is 10.5 Å². The van der Waals surface area contributed by atoms with Crippen LogP contribution >= 0.6 is 0 Å². The van der Waals surface area contributed by atoms with Crippen LogP contribution in [0.15, 0.2) is 53.8 Å². The van der Waals surface area contributed by atoms with E-state index in [0.29, 0.717) is 22.9 Å². The number of hydrogen-bond donors (Lipinski definition) is 2. The van der Waals surface area contributed by atoms with Crippen LogP contribution < -0.4 is 10.6 Å². The lowest BCUT2D eigenvalue weighted by molar-refractivity contribution is 1.01. The summed E-state index contributed by atoms with van der Waals surface area (Å²) in [5.41, 5.74) is 5.54. The Morgan fingerprint density at radius 1 is 1.10 bits per heavy atom. The van der Waals surface area contributed by atoms with Gasteiger partial charge in [-0.05, 0) is 73.0 Å². The van der Waals surface area contributed by atoms with Crippen LogP contribution in [0.2, 0.25) is 0 Å². The lowest BCUT2D eigenvalue weighted by Crippen LogP contribution is -2.06. The molecule has 0 amide bonds. The number of aryl methyl sites for hydroxylation is 2. The topological polar surface area (TPSA) is 127 Å². The van der Waals surface area contributed by atoms with Crippen LogP contribution in [0.5, 0.6) is 0 Å². The van der Waals surface area contributed by atoms with Gasteiger partial charge in [0.15, 0.2) is 0 Å². The minimum absolute atomic E-state index is 0.0689. The minimum Gasteiger partial charge on any atom is -0.339 e. The van der Waals surface area contributed by atoms with Gasteiger partial charge in [-0.15, -0.1) is 0 Å². The molecule has 0 fully saturated rings. The molecule has 0 aliphatic heterocycles. The molecule has 3 aromatic rings. The zero-order chi connectivity index (χ0) is 22.2. The van der Waals surface area contributed by atoms with Crippen molar-refractivity contribution >= 4 is 29.2 Å². The maximum Gasteiger partial charge on any atom is 0.229 e. The molecule has 0 saturated heterocycles. The van der Waals surface area contributed by atoms with Gasteiger partial charge in [-0.1, -0.05) is 5.18 Å². The molecule has 0 atom stereocenters. The molecule has 0 aliphatic carbocycles. The van der Waals surface area contributed by atoms with E-state index in [1.807, 2.05) is 32.0 Å². The molecule has 3 rings (SSSR count). The van der Waals surface area contributed by atoms with Crippen molar-refractivity contribution in [2.75, 3.05) is 10.6 Å². The molecular weight excluding hydrogens is 390 g/mol.